The number of hydrogen-bond donors (Lipinski definition) is 4. The fraction of sp³-hybridized carbons (Fsp3) is 0.792. The van der Waals surface area contributed by atoms with Crippen LogP contribution in [0, 0.1) is 28.6 Å². The largest absolute Gasteiger partial charge is 0.481 e. The highest BCUT2D eigenvalue weighted by Crippen LogP contribution is 2.72. The van der Waals surface area contributed by atoms with E-state index >= 15 is 8.78 Å². The number of fused-ring (bicyclic) bond motifs is 5. The molecule has 202 valence electrons. The summed E-state index contributed by atoms with van der Waals surface area (Å²) < 4.78 is 33.3. The number of carbonyl (C=O) groups is 3. The molecule has 0 saturated heterocycles. The van der Waals surface area contributed by atoms with E-state index in [0.29, 0.717) is 0 Å². The summed E-state index contributed by atoms with van der Waals surface area (Å²) in [6.45, 7) is 4.27. The van der Waals surface area contributed by atoms with Crippen molar-refractivity contribution in [2.75, 3.05) is 0 Å². The second-order valence-electron chi connectivity index (χ2n) is 11.3. The first-order chi connectivity index (χ1) is 16.4. The Kier molecular flexibility index (Phi) is 6.72. The highest BCUT2D eigenvalue weighted by molar-refractivity contribution is 6.51. The highest BCUT2D eigenvalue weighted by Gasteiger charge is 2.79. The zero-order valence-corrected chi connectivity index (χ0v) is 22.1. The van der Waals surface area contributed by atoms with Gasteiger partial charge >= 0.3 is 5.97 Å². The molecule has 0 amide bonds. The van der Waals surface area contributed by atoms with E-state index in [9.17, 15) is 29.7 Å². The van der Waals surface area contributed by atoms with Crippen molar-refractivity contribution in [1.29, 1.82) is 0 Å². The molecule has 36 heavy (non-hydrogen) atoms. The van der Waals surface area contributed by atoms with E-state index in [2.05, 4.69) is 0 Å². The highest BCUT2D eigenvalue weighted by atomic mass is 35.5. The topological polar surface area (TPSA) is 132 Å². The number of ketones is 2. The van der Waals surface area contributed by atoms with Crippen LogP contribution in [0.2, 0.25) is 0 Å². The van der Waals surface area contributed by atoms with Crippen molar-refractivity contribution in [3.63, 3.8) is 0 Å². The molecule has 4 rings (SSSR count). The molecule has 4 aliphatic carbocycles. The van der Waals surface area contributed by atoms with Crippen molar-refractivity contribution >= 4 is 52.3 Å². The molecule has 0 aliphatic heterocycles. The van der Waals surface area contributed by atoms with Gasteiger partial charge in [0.15, 0.2) is 17.2 Å². The number of allylic oxidation sites excluding steroid dienone is 1. The Labute approximate surface area is 221 Å². The van der Waals surface area contributed by atoms with Crippen molar-refractivity contribution in [2.24, 2.45) is 28.6 Å². The Hall–Kier alpha value is -0.840. The number of aliphatic hydroxyl groups is 3. The van der Waals surface area contributed by atoms with Gasteiger partial charge in [0.2, 0.25) is 0 Å². The number of aliphatic carboxylic acids is 1. The number of halogens is 5. The number of carboxylic acid groups (broad SMARTS) is 1. The minimum atomic E-state index is -2.62. The van der Waals surface area contributed by atoms with Gasteiger partial charge in [-0.25, -0.2) is 8.78 Å². The van der Waals surface area contributed by atoms with Crippen molar-refractivity contribution in [3.8, 4) is 0 Å². The van der Waals surface area contributed by atoms with Crippen molar-refractivity contribution in [2.45, 2.75) is 86.9 Å². The molecule has 12 heteroatoms. The molecule has 0 aromatic rings. The number of carboxylic acids is 1. The molecule has 3 unspecified atom stereocenters. The molecule has 7 nitrogen and oxygen atoms in total. The number of rotatable bonds is 4. The standard InChI is InChI=1S/C24H29Cl3F2O7/c1-8-4-9-10-5-11(28)15-16(25)18(34)17(26)19(27)22(15,3)23(10,29)13(31)7-21(9,2)24(8,36)20(35)12(30)6-14(32)33/h8-13,17,19,30-31,36H,4-7H2,1-3H3,(H,32,33)/t8-,9+,10+,11+,12?,13+,17?,19?,21+,22-,23+,24+/m1/s1. The predicted molar refractivity (Wildman–Crippen MR) is 126 cm³/mol. The van der Waals surface area contributed by atoms with Crippen LogP contribution in [0.1, 0.15) is 46.5 Å². The van der Waals surface area contributed by atoms with Crippen molar-refractivity contribution in [3.05, 3.63) is 10.6 Å². The summed E-state index contributed by atoms with van der Waals surface area (Å²) in [7, 11) is 0. The number of carbonyl (C=O) groups excluding carboxylic acids is 2. The quantitative estimate of drug-likeness (QED) is 0.380. The van der Waals surface area contributed by atoms with Gasteiger partial charge in [-0.1, -0.05) is 32.4 Å². The van der Waals surface area contributed by atoms with Gasteiger partial charge in [-0.2, -0.15) is 0 Å². The molecule has 4 aliphatic rings. The molecule has 4 N–H and O–H groups in total. The lowest BCUT2D eigenvalue weighted by Crippen LogP contribution is -2.74. The van der Waals surface area contributed by atoms with Gasteiger partial charge in [0.05, 0.1) is 22.9 Å². The SMILES string of the molecule is C[C@@H]1C[C@H]2[C@@H]3C[C@H](F)C4=C(Cl)C(=O)C(Cl)C(Cl)[C@]4(C)[C@@]3(F)[C@@H](O)C[C@]2(C)[C@@]1(O)C(=O)C(O)CC(=O)O. The lowest BCUT2D eigenvalue weighted by molar-refractivity contribution is -0.233. The number of Topliss-reactive ketones (excluding diaryl/α,β-unsaturated/α-hetero) is 2. The molecule has 12 atom stereocenters. The fourth-order valence-electron chi connectivity index (χ4n) is 8.04. The maximum absolute atomic E-state index is 17.5. The second-order valence-corrected chi connectivity index (χ2v) is 12.6. The number of alkyl halides is 4. The third-order valence-electron chi connectivity index (χ3n) is 9.83. The predicted octanol–water partition coefficient (Wildman–Crippen LogP) is 2.91. The fourth-order valence-corrected chi connectivity index (χ4v) is 9.29. The lowest BCUT2D eigenvalue weighted by atomic mass is 9.43. The Morgan fingerprint density at radius 2 is 1.78 bits per heavy atom. The second kappa shape index (κ2) is 8.58. The minimum Gasteiger partial charge on any atom is -0.481 e. The van der Waals surface area contributed by atoms with E-state index in [1.54, 1.807) is 0 Å². The van der Waals surface area contributed by atoms with Crippen LogP contribution >= 0.6 is 34.8 Å². The molecular weight excluding hydrogens is 545 g/mol. The van der Waals surface area contributed by atoms with Crippen LogP contribution in [0.3, 0.4) is 0 Å². The molecule has 0 aromatic heterocycles. The molecule has 0 aromatic carbocycles. The van der Waals surface area contributed by atoms with Crippen LogP contribution in [0.15, 0.2) is 10.6 Å². The number of hydrogen-bond acceptors (Lipinski definition) is 6. The van der Waals surface area contributed by atoms with Crippen LogP contribution in [0.5, 0.6) is 0 Å². The van der Waals surface area contributed by atoms with Crippen molar-refractivity contribution < 1.29 is 43.6 Å². The maximum atomic E-state index is 17.5. The van der Waals surface area contributed by atoms with Crippen LogP contribution in [-0.2, 0) is 14.4 Å². The van der Waals surface area contributed by atoms with Crippen molar-refractivity contribution in [1.82, 2.24) is 0 Å². The molecule has 3 saturated carbocycles. The summed E-state index contributed by atoms with van der Waals surface area (Å²) >= 11 is 18.9. The molecule has 0 radical (unpaired) electrons. The first-order valence-corrected chi connectivity index (χ1v) is 13.1. The summed E-state index contributed by atoms with van der Waals surface area (Å²) in [6, 6.07) is 0. The van der Waals surface area contributed by atoms with Crippen LogP contribution < -0.4 is 0 Å². The first-order valence-electron chi connectivity index (χ1n) is 11.8. The Morgan fingerprint density at radius 3 is 2.33 bits per heavy atom. The third-order valence-corrected chi connectivity index (χ3v) is 11.5. The van der Waals surface area contributed by atoms with Gasteiger partial charge in [0.25, 0.3) is 0 Å². The van der Waals surface area contributed by atoms with E-state index in [1.807, 2.05) is 0 Å². The Balaban J connectivity index is 1.86. The van der Waals surface area contributed by atoms with Gasteiger partial charge in [-0.05, 0) is 36.7 Å². The monoisotopic (exact) mass is 572 g/mol. The molecule has 3 fully saturated rings. The first kappa shape index (κ1) is 28.2. The van der Waals surface area contributed by atoms with E-state index in [4.69, 9.17) is 39.9 Å². The third kappa shape index (κ3) is 3.16. The summed E-state index contributed by atoms with van der Waals surface area (Å²) in [6.07, 6.45) is -7.69. The number of aliphatic hydroxyl groups excluding tert-OH is 2. The summed E-state index contributed by atoms with van der Waals surface area (Å²) in [5, 5.41) is 38.9. The van der Waals surface area contributed by atoms with Gasteiger partial charge in [0.1, 0.15) is 23.3 Å². The molecule has 0 bridgehead atoms. The van der Waals surface area contributed by atoms with Gasteiger partial charge in [0, 0.05) is 16.7 Å². The van der Waals surface area contributed by atoms with E-state index < -0.39 is 111 Å². The summed E-state index contributed by atoms with van der Waals surface area (Å²) in [4.78, 5) is 36.8. The summed E-state index contributed by atoms with van der Waals surface area (Å²) in [5.74, 6) is -6.41. The van der Waals surface area contributed by atoms with Gasteiger partial charge in [-0.15, -0.1) is 23.2 Å². The van der Waals surface area contributed by atoms with E-state index in [0.717, 1.165) is 0 Å². The Morgan fingerprint density at radius 1 is 1.19 bits per heavy atom. The zero-order chi connectivity index (χ0) is 27.3. The van der Waals surface area contributed by atoms with Gasteiger partial charge < -0.3 is 20.4 Å². The lowest BCUT2D eigenvalue weighted by Gasteiger charge is -2.65. The van der Waals surface area contributed by atoms with Crippen LogP contribution in [-0.4, -0.2) is 78.4 Å². The van der Waals surface area contributed by atoms with Gasteiger partial charge in [-0.3, -0.25) is 14.4 Å². The minimum absolute atomic E-state index is 0.0351. The van der Waals surface area contributed by atoms with Crippen LogP contribution in [0.25, 0.3) is 0 Å². The molecular formula is C24H29Cl3F2O7. The summed E-state index contributed by atoms with van der Waals surface area (Å²) in [5.41, 5.74) is -8.79. The molecule has 0 spiro atoms. The van der Waals surface area contributed by atoms with Crippen LogP contribution in [0.4, 0.5) is 8.78 Å². The average Bonchev–Trinajstić information content (AvgIpc) is 2.98. The maximum Gasteiger partial charge on any atom is 0.306 e. The average molecular weight is 574 g/mol. The van der Waals surface area contributed by atoms with E-state index in [1.165, 1.54) is 20.8 Å². The zero-order valence-electron chi connectivity index (χ0n) is 19.9. The Bertz CT molecular complexity index is 1060. The normalized spacial score (nSPS) is 51.3. The molecule has 0 heterocycles. The van der Waals surface area contributed by atoms with E-state index in [-0.39, 0.29) is 12.0 Å². The smallest absolute Gasteiger partial charge is 0.306 e.